The summed E-state index contributed by atoms with van der Waals surface area (Å²) in [5, 5.41) is 6.14. The molecule has 0 aliphatic heterocycles. The summed E-state index contributed by atoms with van der Waals surface area (Å²) >= 11 is 0. The van der Waals surface area contributed by atoms with Gasteiger partial charge in [-0.15, -0.1) is 6.42 Å². The molecule has 0 spiro atoms. The number of allylic oxidation sites excluding steroid dienone is 4. The number of benzene rings is 3. The van der Waals surface area contributed by atoms with Crippen molar-refractivity contribution in [3.8, 4) is 0 Å². The maximum absolute atomic E-state index is 4.04. The van der Waals surface area contributed by atoms with E-state index in [0.717, 1.165) is 44.9 Å². The van der Waals surface area contributed by atoms with Gasteiger partial charge in [-0.2, -0.15) is 11.6 Å². The van der Waals surface area contributed by atoms with Gasteiger partial charge in [0.05, 0.1) is 0 Å². The van der Waals surface area contributed by atoms with E-state index < -0.39 is 8.07 Å². The molecule has 0 bridgehead atoms. The first kappa shape index (κ1) is 41.9. The minimum atomic E-state index is -2.67. The Hall–Kier alpha value is -1.06. The fraction of sp³-hybridized carbons (Fsp3) is 0.421. The molecule has 0 fully saturated rings. The molecule has 0 radical (unpaired) electrons. The molecule has 0 unspecified atom stereocenters. The molecule has 3 aromatic rings. The van der Waals surface area contributed by atoms with Gasteiger partial charge in [0, 0.05) is 0 Å². The Labute approximate surface area is 297 Å². The van der Waals surface area contributed by atoms with Crippen molar-refractivity contribution in [3.63, 3.8) is 0 Å². The molecule has 0 N–H and O–H groups in total. The van der Waals surface area contributed by atoms with Gasteiger partial charge in [-0.3, -0.25) is 6.08 Å². The van der Waals surface area contributed by atoms with Gasteiger partial charge in [0.1, 0.15) is 8.07 Å². The van der Waals surface area contributed by atoms with Crippen molar-refractivity contribution in [1.82, 2.24) is 0 Å². The minimum Gasteiger partial charge on any atom is -1.00 e. The van der Waals surface area contributed by atoms with Gasteiger partial charge in [-0.1, -0.05) is 116 Å². The van der Waals surface area contributed by atoms with Gasteiger partial charge in [0.15, 0.2) is 0 Å². The smallest absolute Gasteiger partial charge is 1.00 e. The van der Waals surface area contributed by atoms with Crippen LogP contribution in [0.15, 0.2) is 71.4 Å². The first-order valence-electron chi connectivity index (χ1n) is 15.6. The summed E-state index contributed by atoms with van der Waals surface area (Å²) in [5.41, 5.74) is 10.3. The van der Waals surface area contributed by atoms with Crippen molar-refractivity contribution < 1.29 is 58.9 Å². The third-order valence-corrected chi connectivity index (χ3v) is 13.5. The molecule has 230 valence electrons. The standard InChI is InChI=1S/C38H49Si.3ClH.Ti/c1-9-28-18-29(10-2)22-34(21-28)39(38-17-15-16-37(38)27(7)8,35-23-30(11-3)19-31(12-4)24-35)36-25-32(13-5)20-33(14-6)26-36;;;;/h16,18-27H,9-15H2,1-8H3;3*1H;/q-1;;;;+4/p-3. The zero-order chi connectivity index (χ0) is 28.2. The molecule has 0 heterocycles. The fourth-order valence-corrected chi connectivity index (χ4v) is 11.9. The monoisotopic (exact) mass is 686 g/mol. The molecular formula is C38H49Cl3SiTi. The van der Waals surface area contributed by atoms with E-state index in [-0.39, 0.29) is 58.9 Å². The van der Waals surface area contributed by atoms with Crippen molar-refractivity contribution in [2.45, 2.75) is 100 Å². The van der Waals surface area contributed by atoms with Gasteiger partial charge in [0.2, 0.25) is 0 Å². The Morgan fingerprint density at radius 3 is 1.05 bits per heavy atom. The number of aryl methyl sites for hydroxylation is 6. The number of rotatable bonds is 11. The molecule has 0 aromatic heterocycles. The van der Waals surface area contributed by atoms with Crippen LogP contribution in [0.25, 0.3) is 0 Å². The van der Waals surface area contributed by atoms with Crippen LogP contribution in [0.5, 0.6) is 0 Å². The van der Waals surface area contributed by atoms with E-state index in [1.54, 1.807) is 15.6 Å². The Morgan fingerprint density at radius 2 is 0.814 bits per heavy atom. The van der Waals surface area contributed by atoms with Gasteiger partial charge >= 0.3 is 21.7 Å². The van der Waals surface area contributed by atoms with Crippen LogP contribution in [0.1, 0.15) is 95.2 Å². The van der Waals surface area contributed by atoms with E-state index in [1.807, 2.05) is 0 Å². The second-order valence-electron chi connectivity index (χ2n) is 11.6. The Bertz CT molecular complexity index is 1190. The summed E-state index contributed by atoms with van der Waals surface area (Å²) < 4.78 is 0. The molecule has 5 heteroatoms. The molecule has 0 saturated carbocycles. The zero-order valence-electron chi connectivity index (χ0n) is 27.4. The summed E-state index contributed by atoms with van der Waals surface area (Å²) in [5.74, 6) is 0.474. The third-order valence-electron chi connectivity index (χ3n) is 8.79. The van der Waals surface area contributed by atoms with E-state index in [9.17, 15) is 0 Å². The summed E-state index contributed by atoms with van der Waals surface area (Å²) in [4.78, 5) is 0. The second-order valence-corrected chi connectivity index (χ2v) is 15.3. The van der Waals surface area contributed by atoms with Crippen LogP contribution in [0, 0.1) is 12.0 Å². The van der Waals surface area contributed by atoms with Crippen LogP contribution in [0.2, 0.25) is 0 Å². The van der Waals surface area contributed by atoms with Crippen molar-refractivity contribution in [2.75, 3.05) is 0 Å². The third kappa shape index (κ3) is 8.60. The summed E-state index contributed by atoms with van der Waals surface area (Å²) in [6, 6.07) is 22.8. The molecule has 1 aliphatic rings. The normalized spacial score (nSPS) is 12.4. The van der Waals surface area contributed by atoms with Gasteiger partial charge in [-0.25, -0.2) is 5.20 Å². The van der Waals surface area contributed by atoms with Crippen LogP contribution in [0.3, 0.4) is 0 Å². The molecule has 0 nitrogen and oxygen atoms in total. The van der Waals surface area contributed by atoms with Crippen LogP contribution < -0.4 is 52.8 Å². The molecule has 3 aromatic carbocycles. The molecule has 0 atom stereocenters. The fourth-order valence-electron chi connectivity index (χ4n) is 6.44. The summed E-state index contributed by atoms with van der Waals surface area (Å²) in [6.07, 6.45) is 13.8. The van der Waals surface area contributed by atoms with Crippen molar-refractivity contribution in [3.05, 3.63) is 111 Å². The van der Waals surface area contributed by atoms with Gasteiger partial charge in [-0.05, 0) is 87.5 Å². The molecule has 4 rings (SSSR count). The van der Waals surface area contributed by atoms with Crippen LogP contribution in [-0.2, 0) is 60.2 Å². The van der Waals surface area contributed by atoms with Crippen molar-refractivity contribution in [1.29, 1.82) is 0 Å². The number of hydrogen-bond donors (Lipinski definition) is 0. The second kappa shape index (κ2) is 18.8. The van der Waals surface area contributed by atoms with Crippen molar-refractivity contribution in [2.24, 2.45) is 5.92 Å². The van der Waals surface area contributed by atoms with E-state index >= 15 is 0 Å². The molecule has 1 aliphatic carbocycles. The van der Waals surface area contributed by atoms with E-state index in [4.69, 9.17) is 0 Å². The molecule has 43 heavy (non-hydrogen) atoms. The average Bonchev–Trinajstić information content (AvgIpc) is 3.47. The van der Waals surface area contributed by atoms with Crippen LogP contribution in [-0.4, -0.2) is 8.07 Å². The Balaban J connectivity index is 0.00000441. The minimum absolute atomic E-state index is 0. The van der Waals surface area contributed by atoms with E-state index in [0.29, 0.717) is 5.92 Å². The molecule has 0 saturated heterocycles. The molecule has 0 amide bonds. The van der Waals surface area contributed by atoms with Gasteiger partial charge in [0.25, 0.3) is 0 Å². The quantitative estimate of drug-likeness (QED) is 0.135. The van der Waals surface area contributed by atoms with Crippen LogP contribution >= 0.6 is 0 Å². The average molecular weight is 688 g/mol. The number of hydrogen-bond acceptors (Lipinski definition) is 0. The molecular weight excluding hydrogens is 639 g/mol. The maximum Gasteiger partial charge on any atom is 4.00 e. The Morgan fingerprint density at radius 1 is 0.535 bits per heavy atom. The topological polar surface area (TPSA) is 0 Å². The SMILES string of the molecule is CCc1cc(CC)cc([Si](C2=[C-]CC=C2C(C)C)(c2cc(CC)cc(CC)c2)c2cc(CC)cc(CC)c2)c1.[Cl-].[Cl-].[Cl-].[Ti+4]. The van der Waals surface area contributed by atoms with Crippen molar-refractivity contribution >= 4 is 23.6 Å². The van der Waals surface area contributed by atoms with E-state index in [1.165, 1.54) is 44.2 Å². The largest absolute Gasteiger partial charge is 4.00 e. The van der Waals surface area contributed by atoms with Crippen LogP contribution in [0.4, 0.5) is 0 Å². The predicted octanol–water partition coefficient (Wildman–Crippen LogP) is -1.20. The Kier molecular flexibility index (Phi) is 18.3. The zero-order valence-corrected chi connectivity index (χ0v) is 32.3. The first-order valence-corrected chi connectivity index (χ1v) is 17.6. The predicted molar refractivity (Wildman–Crippen MR) is 175 cm³/mol. The van der Waals surface area contributed by atoms with E-state index in [2.05, 4.69) is 122 Å². The number of halogens is 3. The van der Waals surface area contributed by atoms with Gasteiger partial charge < -0.3 is 37.2 Å². The maximum atomic E-state index is 4.04. The summed E-state index contributed by atoms with van der Waals surface area (Å²) in [7, 11) is -2.67. The summed E-state index contributed by atoms with van der Waals surface area (Å²) in [6.45, 7) is 18.6. The first-order chi connectivity index (χ1) is 18.8.